The highest BCUT2D eigenvalue weighted by atomic mass is 16.8. The summed E-state index contributed by atoms with van der Waals surface area (Å²) < 4.78 is 33.9. The van der Waals surface area contributed by atoms with Crippen LogP contribution in [0.1, 0.15) is 136 Å². The first-order chi connectivity index (χ1) is 30.8. The van der Waals surface area contributed by atoms with Crippen LogP contribution in [0, 0.1) is 0 Å². The third kappa shape index (κ3) is 18.2. The first kappa shape index (κ1) is 56.9. The normalized spacial score (nSPS) is 34.5. The smallest absolute Gasteiger partial charge is 0.220 e. The second-order valence-electron chi connectivity index (χ2n) is 17.6. The molecule has 3 fully saturated rings. The largest absolute Gasteiger partial charge is 0.394 e. The molecule has 3 heterocycles. The topological polar surface area (TPSA) is 307 Å². The molecule has 17 atom stereocenters. The number of unbranched alkanes of at least 4 members (excludes halogenated alkanes) is 16. The van der Waals surface area contributed by atoms with Gasteiger partial charge in [0.25, 0.3) is 0 Å². The Morgan fingerprint density at radius 2 is 0.969 bits per heavy atom. The summed E-state index contributed by atoms with van der Waals surface area (Å²) >= 11 is 0. The van der Waals surface area contributed by atoms with Crippen molar-refractivity contribution in [1.29, 1.82) is 0 Å². The van der Waals surface area contributed by atoms with E-state index in [4.69, 9.17) is 28.4 Å². The second-order valence-corrected chi connectivity index (χ2v) is 17.6. The van der Waals surface area contributed by atoms with Crippen LogP contribution in [-0.2, 0) is 33.2 Å². The minimum atomic E-state index is -1.97. The first-order valence-electron chi connectivity index (χ1n) is 23.9. The van der Waals surface area contributed by atoms with Gasteiger partial charge in [0, 0.05) is 6.42 Å². The van der Waals surface area contributed by atoms with E-state index in [-0.39, 0.29) is 18.9 Å². The van der Waals surface area contributed by atoms with Crippen molar-refractivity contribution in [3.8, 4) is 0 Å². The van der Waals surface area contributed by atoms with E-state index < -0.39 is 124 Å². The number of nitrogens with one attached hydrogen (secondary N) is 1. The summed E-state index contributed by atoms with van der Waals surface area (Å²) in [5.74, 6) is -0.302. The zero-order valence-corrected chi connectivity index (χ0v) is 38.0. The highest BCUT2D eigenvalue weighted by Gasteiger charge is 2.53. The van der Waals surface area contributed by atoms with Gasteiger partial charge in [-0.15, -0.1) is 0 Å². The van der Waals surface area contributed by atoms with Gasteiger partial charge in [-0.05, 0) is 19.3 Å². The van der Waals surface area contributed by atoms with Crippen molar-refractivity contribution in [2.24, 2.45) is 0 Å². The monoisotopic (exact) mass is 926 g/mol. The van der Waals surface area contributed by atoms with Gasteiger partial charge in [-0.3, -0.25) is 4.79 Å². The Morgan fingerprint density at radius 1 is 0.547 bits per heavy atom. The van der Waals surface area contributed by atoms with E-state index in [0.717, 1.165) is 38.5 Å². The SMILES string of the molecule is CCCCCCCCCCCCCCCC/C=C/C(O)C(COC1OC(CO)C(OC2OC(CO)C(OC3OC(CO)C(O)C(O)C3O)C(O)C2O)C(O)C1O)NC(=O)CCCCC. The molecule has 12 N–H and O–H groups in total. The van der Waals surface area contributed by atoms with Crippen molar-refractivity contribution >= 4 is 5.91 Å². The van der Waals surface area contributed by atoms with Gasteiger partial charge in [-0.25, -0.2) is 0 Å². The lowest BCUT2D eigenvalue weighted by molar-refractivity contribution is -0.379. The van der Waals surface area contributed by atoms with E-state index in [1.165, 1.54) is 70.6 Å². The van der Waals surface area contributed by atoms with Gasteiger partial charge in [-0.2, -0.15) is 0 Å². The van der Waals surface area contributed by atoms with Crippen molar-refractivity contribution in [1.82, 2.24) is 5.32 Å². The Hall–Kier alpha value is -1.47. The number of hydrogen-bond acceptors (Lipinski definition) is 18. The van der Waals surface area contributed by atoms with Crippen LogP contribution in [0.3, 0.4) is 0 Å². The molecular weight excluding hydrogens is 842 g/mol. The second kappa shape index (κ2) is 31.6. The summed E-state index contributed by atoms with van der Waals surface area (Å²) in [7, 11) is 0. The van der Waals surface area contributed by atoms with Crippen LogP contribution in [0.15, 0.2) is 12.2 Å². The van der Waals surface area contributed by atoms with Crippen molar-refractivity contribution in [3.05, 3.63) is 12.2 Å². The Balaban J connectivity index is 1.52. The number of aliphatic hydroxyl groups is 11. The predicted octanol–water partition coefficient (Wildman–Crippen LogP) is 0.305. The first-order valence-corrected chi connectivity index (χ1v) is 23.9. The minimum absolute atomic E-state index is 0.230. The molecular formula is C45H83NO18. The fourth-order valence-corrected chi connectivity index (χ4v) is 8.25. The summed E-state index contributed by atoms with van der Waals surface area (Å²) in [6.07, 6.45) is -2.35. The van der Waals surface area contributed by atoms with Crippen LogP contribution >= 0.6 is 0 Å². The Kier molecular flexibility index (Phi) is 28.0. The summed E-state index contributed by atoms with van der Waals surface area (Å²) in [4.78, 5) is 12.8. The third-order valence-electron chi connectivity index (χ3n) is 12.3. The summed E-state index contributed by atoms with van der Waals surface area (Å²) in [5, 5.41) is 119. The Bertz CT molecular complexity index is 1250. The molecule has 3 aliphatic heterocycles. The molecule has 0 aromatic carbocycles. The molecule has 3 rings (SSSR count). The molecule has 3 saturated heterocycles. The van der Waals surface area contributed by atoms with Crippen molar-refractivity contribution in [3.63, 3.8) is 0 Å². The van der Waals surface area contributed by atoms with Crippen LogP contribution in [0.5, 0.6) is 0 Å². The van der Waals surface area contributed by atoms with Crippen LogP contribution in [-0.4, -0.2) is 193 Å². The van der Waals surface area contributed by atoms with Gasteiger partial charge in [-0.1, -0.05) is 122 Å². The fraction of sp³-hybridized carbons (Fsp3) is 0.933. The number of ether oxygens (including phenoxy) is 6. The predicted molar refractivity (Wildman–Crippen MR) is 231 cm³/mol. The summed E-state index contributed by atoms with van der Waals surface area (Å²) in [6, 6.07) is -0.961. The average Bonchev–Trinajstić information content (AvgIpc) is 3.29. The molecule has 1 amide bonds. The number of aliphatic hydroxyl groups excluding tert-OH is 11. The molecule has 0 spiro atoms. The Labute approximate surface area is 378 Å². The maximum Gasteiger partial charge on any atom is 0.220 e. The van der Waals surface area contributed by atoms with Gasteiger partial charge in [0.1, 0.15) is 73.2 Å². The molecule has 64 heavy (non-hydrogen) atoms. The van der Waals surface area contributed by atoms with E-state index >= 15 is 0 Å². The molecule has 0 radical (unpaired) electrons. The highest BCUT2D eigenvalue weighted by Crippen LogP contribution is 2.33. The maximum atomic E-state index is 12.8. The lowest BCUT2D eigenvalue weighted by Crippen LogP contribution is -2.66. The summed E-state index contributed by atoms with van der Waals surface area (Å²) in [5.41, 5.74) is 0. The van der Waals surface area contributed by atoms with Gasteiger partial charge >= 0.3 is 0 Å². The van der Waals surface area contributed by atoms with E-state index in [2.05, 4.69) is 12.2 Å². The molecule has 0 bridgehead atoms. The molecule has 0 saturated carbocycles. The van der Waals surface area contributed by atoms with E-state index in [9.17, 15) is 61.0 Å². The lowest BCUT2D eigenvalue weighted by Gasteiger charge is -2.48. The van der Waals surface area contributed by atoms with E-state index in [0.29, 0.717) is 6.42 Å². The van der Waals surface area contributed by atoms with E-state index in [1.54, 1.807) is 6.08 Å². The number of allylic oxidation sites excluding steroid dienone is 1. The third-order valence-corrected chi connectivity index (χ3v) is 12.3. The maximum absolute atomic E-state index is 12.8. The van der Waals surface area contributed by atoms with Gasteiger partial charge in [0.05, 0.1) is 38.6 Å². The average molecular weight is 926 g/mol. The molecule has 17 unspecified atom stereocenters. The number of rotatable bonds is 32. The van der Waals surface area contributed by atoms with Crippen molar-refractivity contribution in [2.75, 3.05) is 26.4 Å². The van der Waals surface area contributed by atoms with Gasteiger partial charge in [0.2, 0.25) is 5.91 Å². The minimum Gasteiger partial charge on any atom is -0.394 e. The van der Waals surface area contributed by atoms with Crippen molar-refractivity contribution < 1.29 is 89.4 Å². The molecule has 19 nitrogen and oxygen atoms in total. The van der Waals surface area contributed by atoms with Gasteiger partial charge < -0.3 is 89.9 Å². The number of carbonyl (C=O) groups is 1. The number of amides is 1. The molecule has 0 aromatic heterocycles. The van der Waals surface area contributed by atoms with Crippen LogP contribution < -0.4 is 5.32 Å². The summed E-state index contributed by atoms with van der Waals surface area (Å²) in [6.45, 7) is 1.49. The molecule has 0 aromatic rings. The highest BCUT2D eigenvalue weighted by molar-refractivity contribution is 5.76. The quantitative estimate of drug-likeness (QED) is 0.0319. The molecule has 376 valence electrons. The van der Waals surface area contributed by atoms with Crippen LogP contribution in [0.2, 0.25) is 0 Å². The lowest BCUT2D eigenvalue weighted by atomic mass is 9.96. The standard InChI is InChI=1S/C45H83NO18/c1-3-5-7-8-9-10-11-12-13-14-15-16-17-18-19-21-22-29(50)28(46-33(51)23-20-6-4-2)27-59-43-39(57)36(54)41(31(25-48)61-43)64-45-40(58)37(55)42(32(26-49)62-45)63-44-38(56)35(53)34(52)30(24-47)60-44/h21-22,28-32,34-45,47-50,52-58H,3-20,23-27H2,1-2H3,(H,46,51)/b22-21+. The molecule has 0 aliphatic carbocycles. The Morgan fingerprint density at radius 3 is 1.47 bits per heavy atom. The molecule has 3 aliphatic rings. The van der Waals surface area contributed by atoms with Crippen molar-refractivity contribution in [2.45, 2.75) is 240 Å². The van der Waals surface area contributed by atoms with E-state index in [1.807, 2.05) is 13.0 Å². The number of hydrogen-bond donors (Lipinski definition) is 12. The van der Waals surface area contributed by atoms with Crippen LogP contribution in [0.25, 0.3) is 0 Å². The number of carbonyl (C=O) groups excluding carboxylic acids is 1. The zero-order chi connectivity index (χ0) is 47.0. The molecule has 19 heteroatoms. The van der Waals surface area contributed by atoms with Crippen LogP contribution in [0.4, 0.5) is 0 Å². The fourth-order valence-electron chi connectivity index (χ4n) is 8.25. The van der Waals surface area contributed by atoms with Gasteiger partial charge in [0.15, 0.2) is 18.9 Å². The zero-order valence-electron chi connectivity index (χ0n) is 38.0.